The summed E-state index contributed by atoms with van der Waals surface area (Å²) < 4.78 is 89.6. The zero-order valence-electron chi connectivity index (χ0n) is 11.2. The molecule has 1 atom stereocenters. The van der Waals surface area contributed by atoms with Crippen LogP contribution in [0.3, 0.4) is 0 Å². The van der Waals surface area contributed by atoms with E-state index in [1.807, 2.05) is 0 Å². The Morgan fingerprint density at radius 1 is 1.00 bits per heavy atom. The van der Waals surface area contributed by atoms with Gasteiger partial charge in [-0.1, -0.05) is 5.92 Å². The van der Waals surface area contributed by atoms with Crippen molar-refractivity contribution in [1.82, 2.24) is 0 Å². The Hall–Kier alpha value is -1.40. The van der Waals surface area contributed by atoms with Gasteiger partial charge in [-0.05, 0) is 0 Å². The maximum atomic E-state index is 13.2. The molecule has 0 amide bonds. The van der Waals surface area contributed by atoms with Crippen LogP contribution in [-0.4, -0.2) is 29.3 Å². The molecule has 1 aromatic carbocycles. The Labute approximate surface area is 127 Å². The lowest BCUT2D eigenvalue weighted by molar-refractivity contribution is 0.0505. The van der Waals surface area contributed by atoms with E-state index < -0.39 is 55.9 Å². The summed E-state index contributed by atoms with van der Waals surface area (Å²) in [5.74, 6) is -8.19. The molecule has 0 fully saturated rings. The molecule has 0 aromatic heterocycles. The topological polar surface area (TPSA) is 49.7 Å². The summed E-state index contributed by atoms with van der Waals surface area (Å²) in [5, 5.41) is 9.36. The summed E-state index contributed by atoms with van der Waals surface area (Å²) in [7, 11) is -3.62. The van der Waals surface area contributed by atoms with Gasteiger partial charge in [0.05, 0.1) is 12.7 Å². The van der Waals surface area contributed by atoms with Crippen LogP contribution in [0.5, 0.6) is 0 Å². The SMILES string of the molecule is C#CCOCC(O)Cc1c(F)c(F)c(F)c(F)c1F.OP(F)F. The highest BCUT2D eigenvalue weighted by Gasteiger charge is 2.26. The third-order valence-corrected chi connectivity index (χ3v) is 2.24. The Morgan fingerprint density at radius 3 is 1.78 bits per heavy atom. The molecule has 23 heavy (non-hydrogen) atoms. The second kappa shape index (κ2) is 10.4. The fourth-order valence-corrected chi connectivity index (χ4v) is 1.38. The monoisotopic (exact) mass is 366 g/mol. The van der Waals surface area contributed by atoms with Crippen molar-refractivity contribution < 1.29 is 45.1 Å². The minimum absolute atomic E-state index is 0.145. The summed E-state index contributed by atoms with van der Waals surface area (Å²) in [5.41, 5.74) is -1.09. The average Bonchev–Trinajstić information content (AvgIpc) is 2.47. The van der Waals surface area contributed by atoms with Gasteiger partial charge in [0.2, 0.25) is 5.82 Å². The average molecular weight is 366 g/mol. The summed E-state index contributed by atoms with van der Waals surface area (Å²) >= 11 is 0. The molecule has 0 saturated carbocycles. The minimum Gasteiger partial charge on any atom is -0.390 e. The van der Waals surface area contributed by atoms with Crippen molar-refractivity contribution in [3.8, 4) is 12.3 Å². The van der Waals surface area contributed by atoms with Crippen molar-refractivity contribution in [2.75, 3.05) is 13.2 Å². The first kappa shape index (κ1) is 21.6. The number of hydrogen-bond acceptors (Lipinski definition) is 3. The van der Waals surface area contributed by atoms with Crippen molar-refractivity contribution in [2.45, 2.75) is 12.5 Å². The highest BCUT2D eigenvalue weighted by atomic mass is 31.2. The van der Waals surface area contributed by atoms with Gasteiger partial charge < -0.3 is 14.7 Å². The molecule has 1 aromatic rings. The molecular formula is C12H10F7O3P. The predicted octanol–water partition coefficient (Wildman–Crippen LogP) is 3.08. The van der Waals surface area contributed by atoms with E-state index in [1.165, 1.54) is 0 Å². The quantitative estimate of drug-likeness (QED) is 0.210. The Morgan fingerprint density at radius 2 is 1.39 bits per heavy atom. The molecular weight excluding hydrogens is 356 g/mol. The molecule has 0 aliphatic heterocycles. The number of hydrogen-bond donors (Lipinski definition) is 2. The molecule has 0 saturated heterocycles. The molecule has 0 aliphatic carbocycles. The number of aliphatic hydroxyl groups is 1. The van der Waals surface area contributed by atoms with E-state index in [4.69, 9.17) is 11.3 Å². The van der Waals surface area contributed by atoms with Crippen LogP contribution < -0.4 is 0 Å². The van der Waals surface area contributed by atoms with Gasteiger partial charge in [0.25, 0.3) is 0 Å². The zero-order valence-corrected chi connectivity index (χ0v) is 12.1. The fourth-order valence-electron chi connectivity index (χ4n) is 1.38. The van der Waals surface area contributed by atoms with Crippen LogP contribution in [0.25, 0.3) is 0 Å². The van der Waals surface area contributed by atoms with Crippen molar-refractivity contribution in [2.24, 2.45) is 0 Å². The Balaban J connectivity index is 0.00000108. The minimum atomic E-state index is -3.62. The molecule has 2 N–H and O–H groups in total. The van der Waals surface area contributed by atoms with E-state index in [1.54, 1.807) is 0 Å². The van der Waals surface area contributed by atoms with Crippen LogP contribution in [0.4, 0.5) is 30.3 Å². The highest BCUT2D eigenvalue weighted by Crippen LogP contribution is 2.31. The number of ether oxygens (including phenoxy) is 1. The van der Waals surface area contributed by atoms with E-state index in [2.05, 4.69) is 10.7 Å². The molecule has 1 rings (SSSR count). The maximum Gasteiger partial charge on any atom is 0.412 e. The summed E-state index contributed by atoms with van der Waals surface area (Å²) in [6.45, 7) is -0.530. The third-order valence-electron chi connectivity index (χ3n) is 2.24. The van der Waals surface area contributed by atoms with E-state index in [-0.39, 0.29) is 13.2 Å². The standard InChI is InChI=1S/C12H9F5O2.F2HOP/c1-2-3-19-5-6(18)4-7-8(13)10(15)12(17)11(16)9(7)14;1-4(2)3/h1,6,18H,3-5H2;3H. The lowest BCUT2D eigenvalue weighted by Gasteiger charge is -2.12. The van der Waals surface area contributed by atoms with Gasteiger partial charge in [-0.2, -0.15) is 8.39 Å². The number of aliphatic hydroxyl groups excluding tert-OH is 1. The van der Waals surface area contributed by atoms with Gasteiger partial charge >= 0.3 is 8.77 Å². The first-order valence-corrected chi connectivity index (χ1v) is 6.71. The normalized spacial score (nSPS) is 11.7. The maximum absolute atomic E-state index is 13.2. The second-order valence-corrected chi connectivity index (χ2v) is 4.27. The molecule has 0 radical (unpaired) electrons. The predicted molar refractivity (Wildman–Crippen MR) is 66.9 cm³/mol. The summed E-state index contributed by atoms with van der Waals surface area (Å²) in [6, 6.07) is 0. The molecule has 1 unspecified atom stereocenters. The largest absolute Gasteiger partial charge is 0.412 e. The van der Waals surface area contributed by atoms with Crippen LogP contribution in [0, 0.1) is 41.4 Å². The molecule has 3 nitrogen and oxygen atoms in total. The van der Waals surface area contributed by atoms with Gasteiger partial charge in [-0.3, -0.25) is 0 Å². The van der Waals surface area contributed by atoms with Crippen molar-refractivity contribution in [3.05, 3.63) is 34.6 Å². The fraction of sp³-hybridized carbons (Fsp3) is 0.333. The molecule has 0 aliphatic rings. The van der Waals surface area contributed by atoms with Gasteiger partial charge in [-0.25, -0.2) is 22.0 Å². The van der Waals surface area contributed by atoms with Crippen molar-refractivity contribution in [3.63, 3.8) is 0 Å². The van der Waals surface area contributed by atoms with Crippen molar-refractivity contribution in [1.29, 1.82) is 0 Å². The molecule has 0 heterocycles. The van der Waals surface area contributed by atoms with E-state index in [0.29, 0.717) is 0 Å². The lowest BCUT2D eigenvalue weighted by Crippen LogP contribution is -2.21. The Kier molecular flexibility index (Phi) is 9.76. The van der Waals surface area contributed by atoms with Gasteiger partial charge in [0, 0.05) is 12.0 Å². The number of halogens is 7. The molecule has 130 valence electrons. The van der Waals surface area contributed by atoms with Crippen LogP contribution >= 0.6 is 8.77 Å². The van der Waals surface area contributed by atoms with Crippen LogP contribution in [0.2, 0.25) is 0 Å². The van der Waals surface area contributed by atoms with E-state index in [9.17, 15) is 35.5 Å². The lowest BCUT2D eigenvalue weighted by atomic mass is 10.1. The van der Waals surface area contributed by atoms with Crippen LogP contribution in [0.15, 0.2) is 0 Å². The van der Waals surface area contributed by atoms with E-state index in [0.717, 1.165) is 0 Å². The van der Waals surface area contributed by atoms with Crippen molar-refractivity contribution >= 4 is 8.77 Å². The molecule has 0 spiro atoms. The molecule has 11 heteroatoms. The zero-order chi connectivity index (χ0) is 18.2. The smallest absolute Gasteiger partial charge is 0.390 e. The first-order valence-electron chi connectivity index (χ1n) is 5.63. The Bertz CT molecular complexity index is 531. The van der Waals surface area contributed by atoms with Gasteiger partial charge in [-0.15, -0.1) is 6.42 Å². The van der Waals surface area contributed by atoms with Gasteiger partial charge in [0.15, 0.2) is 23.3 Å². The van der Waals surface area contributed by atoms with Gasteiger partial charge in [0.1, 0.15) is 6.61 Å². The summed E-state index contributed by atoms with van der Waals surface area (Å²) in [4.78, 5) is 6.79. The molecule has 0 bridgehead atoms. The second-order valence-electron chi connectivity index (χ2n) is 3.84. The number of terminal acetylenes is 1. The highest BCUT2D eigenvalue weighted by molar-refractivity contribution is 7.39. The number of rotatable bonds is 5. The third kappa shape index (κ3) is 7.14. The van der Waals surface area contributed by atoms with Crippen LogP contribution in [0.1, 0.15) is 5.56 Å². The summed E-state index contributed by atoms with van der Waals surface area (Å²) in [6.07, 6.45) is 2.63. The number of benzene rings is 1. The van der Waals surface area contributed by atoms with Crippen LogP contribution in [-0.2, 0) is 11.2 Å². The first-order chi connectivity index (χ1) is 10.6. The van der Waals surface area contributed by atoms with E-state index >= 15 is 0 Å².